The van der Waals surface area contributed by atoms with Crippen LogP contribution in [-0.4, -0.2) is 0 Å². The third-order valence-corrected chi connectivity index (χ3v) is 2.61. The van der Waals surface area contributed by atoms with Crippen molar-refractivity contribution in [2.45, 2.75) is 41.0 Å². The topological polar surface area (TPSA) is 0 Å². The van der Waals surface area contributed by atoms with E-state index in [9.17, 15) is 0 Å². The summed E-state index contributed by atoms with van der Waals surface area (Å²) in [4.78, 5) is 0. The molecule has 0 amide bonds. The van der Waals surface area contributed by atoms with E-state index in [4.69, 9.17) is 0 Å². The van der Waals surface area contributed by atoms with Crippen molar-refractivity contribution in [2.75, 3.05) is 0 Å². The summed E-state index contributed by atoms with van der Waals surface area (Å²) in [6.07, 6.45) is 3.00. The average molecular weight is 242 g/mol. The number of fused-ring (bicyclic) bond motifs is 1. The molecule has 0 atom stereocenters. The van der Waals surface area contributed by atoms with Crippen LogP contribution in [-0.2, 0) is 6.42 Å². The molecule has 0 fully saturated rings. The van der Waals surface area contributed by atoms with Crippen LogP contribution in [0.2, 0.25) is 0 Å². The maximum absolute atomic E-state index is 3.85. The minimum absolute atomic E-state index is 1.06. The Balaban J connectivity index is 0.000000659. The van der Waals surface area contributed by atoms with E-state index in [1.165, 1.54) is 21.9 Å². The molecule has 0 N–H and O–H groups in total. The fourth-order valence-corrected chi connectivity index (χ4v) is 1.80. The smallest absolute Gasteiger partial charge is 0.0178 e. The predicted octanol–water partition coefficient (Wildman–Crippen LogP) is 6.10. The summed E-state index contributed by atoms with van der Waals surface area (Å²) in [7, 11) is 0. The molecule has 0 radical (unpaired) electrons. The van der Waals surface area contributed by atoms with E-state index in [0.717, 1.165) is 6.42 Å². The average Bonchev–Trinajstić information content (AvgIpc) is 2.49. The lowest BCUT2D eigenvalue weighted by Gasteiger charge is -2.05. The molecule has 0 bridgehead atoms. The Bertz CT molecular complexity index is 466. The molecule has 2 rings (SSSR count). The molecule has 0 aromatic heterocycles. The first-order valence-electron chi connectivity index (χ1n) is 6.99. The summed E-state index contributed by atoms with van der Waals surface area (Å²) in [6.45, 7) is 14.0. The molecular weight excluding hydrogens is 216 g/mol. The second kappa shape index (κ2) is 9.47. The first-order valence-corrected chi connectivity index (χ1v) is 6.99. The van der Waals surface area contributed by atoms with Gasteiger partial charge in [0.25, 0.3) is 0 Å². The second-order valence-corrected chi connectivity index (χ2v) is 3.46. The molecule has 18 heavy (non-hydrogen) atoms. The highest BCUT2D eigenvalue weighted by molar-refractivity contribution is 5.85. The lowest BCUT2D eigenvalue weighted by molar-refractivity contribution is 1.14. The Morgan fingerprint density at radius 2 is 1.44 bits per heavy atom. The van der Waals surface area contributed by atoms with E-state index < -0.39 is 0 Å². The van der Waals surface area contributed by atoms with Crippen molar-refractivity contribution >= 4 is 16.8 Å². The lowest BCUT2D eigenvalue weighted by atomic mass is 9.99. The molecule has 2 aromatic carbocycles. The van der Waals surface area contributed by atoms with Gasteiger partial charge in [0.15, 0.2) is 0 Å². The second-order valence-electron chi connectivity index (χ2n) is 3.46. The Labute approximate surface area is 112 Å². The summed E-state index contributed by atoms with van der Waals surface area (Å²) in [5.74, 6) is 0. The molecular formula is C18H26. The summed E-state index contributed by atoms with van der Waals surface area (Å²) >= 11 is 0. The zero-order valence-electron chi connectivity index (χ0n) is 12.5. The number of rotatable bonds is 2. The van der Waals surface area contributed by atoms with Crippen molar-refractivity contribution in [1.29, 1.82) is 0 Å². The molecule has 0 aliphatic carbocycles. The molecule has 0 aliphatic rings. The van der Waals surface area contributed by atoms with E-state index in [-0.39, 0.29) is 0 Å². The third-order valence-electron chi connectivity index (χ3n) is 2.61. The van der Waals surface area contributed by atoms with Crippen LogP contribution in [0.5, 0.6) is 0 Å². The minimum atomic E-state index is 1.06. The van der Waals surface area contributed by atoms with Gasteiger partial charge in [-0.05, 0) is 34.4 Å². The van der Waals surface area contributed by atoms with Gasteiger partial charge in [-0.1, -0.05) is 77.6 Å². The van der Waals surface area contributed by atoms with Crippen LogP contribution in [0.1, 0.15) is 45.7 Å². The van der Waals surface area contributed by atoms with Crippen LogP contribution in [0.3, 0.4) is 0 Å². The molecule has 2 aromatic rings. The van der Waals surface area contributed by atoms with Gasteiger partial charge in [-0.3, -0.25) is 0 Å². The summed E-state index contributed by atoms with van der Waals surface area (Å²) in [5.41, 5.74) is 2.63. The van der Waals surface area contributed by atoms with Gasteiger partial charge in [0, 0.05) is 0 Å². The molecule has 0 spiro atoms. The Morgan fingerprint density at radius 3 is 1.89 bits per heavy atom. The zero-order valence-corrected chi connectivity index (χ0v) is 12.5. The van der Waals surface area contributed by atoms with Gasteiger partial charge in [0.05, 0.1) is 0 Å². The van der Waals surface area contributed by atoms with Gasteiger partial charge in [-0.2, -0.15) is 0 Å². The van der Waals surface area contributed by atoms with E-state index in [0.29, 0.717) is 0 Å². The van der Waals surface area contributed by atoms with Crippen LogP contribution in [0.15, 0.2) is 43.0 Å². The number of hydrogen-bond acceptors (Lipinski definition) is 0. The van der Waals surface area contributed by atoms with Crippen LogP contribution in [0.25, 0.3) is 16.8 Å². The van der Waals surface area contributed by atoms with E-state index in [1.54, 1.807) is 0 Å². The number of hydrogen-bond donors (Lipinski definition) is 0. The quantitative estimate of drug-likeness (QED) is 0.597. The Kier molecular flexibility index (Phi) is 8.65. The summed E-state index contributed by atoms with van der Waals surface area (Å²) in [5, 5.41) is 2.61. The lowest BCUT2D eigenvalue weighted by Crippen LogP contribution is -1.86. The normalized spacial score (nSPS) is 8.72. The van der Waals surface area contributed by atoms with Crippen molar-refractivity contribution in [3.8, 4) is 0 Å². The standard InChI is InChI=1S/C14H14.2C2H6/c1-3-11-9-13-7-5-6-8-14(13)10-12(11)4-2;2*1-2/h3,5-10H,1,4H2,2H3;2*1-2H3. The molecule has 0 nitrogen and oxygen atoms in total. The van der Waals surface area contributed by atoms with E-state index in [1.807, 2.05) is 33.8 Å². The van der Waals surface area contributed by atoms with Gasteiger partial charge in [-0.15, -0.1) is 0 Å². The molecule has 0 saturated carbocycles. The highest BCUT2D eigenvalue weighted by Gasteiger charge is 1.99. The maximum atomic E-state index is 3.85. The van der Waals surface area contributed by atoms with Crippen molar-refractivity contribution in [2.24, 2.45) is 0 Å². The monoisotopic (exact) mass is 242 g/mol. The van der Waals surface area contributed by atoms with E-state index >= 15 is 0 Å². The van der Waals surface area contributed by atoms with Crippen molar-refractivity contribution < 1.29 is 0 Å². The largest absolute Gasteiger partial charge is 0.0985 e. The highest BCUT2D eigenvalue weighted by atomic mass is 14.0. The van der Waals surface area contributed by atoms with Crippen LogP contribution >= 0.6 is 0 Å². The van der Waals surface area contributed by atoms with Crippen molar-refractivity contribution in [3.63, 3.8) is 0 Å². The first-order chi connectivity index (χ1) is 8.85. The van der Waals surface area contributed by atoms with Gasteiger partial charge in [-0.25, -0.2) is 0 Å². The predicted molar refractivity (Wildman–Crippen MR) is 86.1 cm³/mol. The molecule has 0 heterocycles. The Hall–Kier alpha value is -1.56. The first kappa shape index (κ1) is 16.4. The fraction of sp³-hybridized carbons (Fsp3) is 0.333. The number of benzene rings is 2. The molecule has 0 aliphatic heterocycles. The minimum Gasteiger partial charge on any atom is -0.0985 e. The zero-order chi connectivity index (χ0) is 14.0. The van der Waals surface area contributed by atoms with Crippen LogP contribution < -0.4 is 0 Å². The highest BCUT2D eigenvalue weighted by Crippen LogP contribution is 2.21. The SMILES string of the molecule is C=Cc1cc2ccccc2cc1CC.CC.CC. The molecule has 98 valence electrons. The van der Waals surface area contributed by atoms with Gasteiger partial charge in [0.1, 0.15) is 0 Å². The van der Waals surface area contributed by atoms with Crippen molar-refractivity contribution in [1.82, 2.24) is 0 Å². The maximum Gasteiger partial charge on any atom is -0.0178 e. The third kappa shape index (κ3) is 4.03. The molecule has 0 heteroatoms. The fourth-order valence-electron chi connectivity index (χ4n) is 1.80. The molecule has 0 saturated heterocycles. The van der Waals surface area contributed by atoms with Gasteiger partial charge in [0.2, 0.25) is 0 Å². The number of aryl methyl sites for hydroxylation is 1. The van der Waals surface area contributed by atoms with E-state index in [2.05, 4.69) is 49.9 Å². The van der Waals surface area contributed by atoms with Crippen molar-refractivity contribution in [3.05, 3.63) is 54.1 Å². The Morgan fingerprint density at radius 1 is 0.944 bits per heavy atom. The van der Waals surface area contributed by atoms with Crippen LogP contribution in [0.4, 0.5) is 0 Å². The molecule has 0 unspecified atom stereocenters. The van der Waals surface area contributed by atoms with Gasteiger partial charge < -0.3 is 0 Å². The van der Waals surface area contributed by atoms with Gasteiger partial charge >= 0.3 is 0 Å². The summed E-state index contributed by atoms with van der Waals surface area (Å²) in [6, 6.07) is 12.9. The summed E-state index contributed by atoms with van der Waals surface area (Å²) < 4.78 is 0. The van der Waals surface area contributed by atoms with Crippen LogP contribution in [0, 0.1) is 0 Å².